The molecule has 0 aliphatic carbocycles. The summed E-state index contributed by atoms with van der Waals surface area (Å²) in [4.78, 5) is 24.6. The summed E-state index contributed by atoms with van der Waals surface area (Å²) in [7, 11) is 0. The number of carbonyl (C=O) groups excluding carboxylic acids is 2. The molecule has 0 saturated carbocycles. The summed E-state index contributed by atoms with van der Waals surface area (Å²) in [5.74, 6) is -0.527. The third-order valence-electron chi connectivity index (χ3n) is 3.11. The summed E-state index contributed by atoms with van der Waals surface area (Å²) >= 11 is 1.55. The highest BCUT2D eigenvalue weighted by atomic mass is 32.1. The Bertz CT molecular complexity index is 670. The molecule has 0 spiro atoms. The SMILES string of the molecule is Cc1cccc(C)c1NC(=O)CNC(=O)/C=C/c1cccs1. The van der Waals surface area contributed by atoms with E-state index in [0.717, 1.165) is 21.7 Å². The van der Waals surface area contributed by atoms with E-state index < -0.39 is 0 Å². The molecule has 2 amide bonds. The lowest BCUT2D eigenvalue weighted by molar-refractivity contribution is -0.121. The van der Waals surface area contributed by atoms with Gasteiger partial charge in [0.1, 0.15) is 0 Å². The molecule has 114 valence electrons. The first-order valence-electron chi connectivity index (χ1n) is 6.92. The molecule has 2 N–H and O–H groups in total. The van der Waals surface area contributed by atoms with Gasteiger partial charge >= 0.3 is 0 Å². The summed E-state index contributed by atoms with van der Waals surface area (Å²) in [6.07, 6.45) is 3.15. The van der Waals surface area contributed by atoms with Gasteiger partial charge in [-0.3, -0.25) is 9.59 Å². The van der Waals surface area contributed by atoms with Gasteiger partial charge in [-0.05, 0) is 42.5 Å². The largest absolute Gasteiger partial charge is 0.343 e. The van der Waals surface area contributed by atoms with Gasteiger partial charge in [0, 0.05) is 16.6 Å². The molecule has 0 saturated heterocycles. The fourth-order valence-corrected chi connectivity index (χ4v) is 2.58. The fourth-order valence-electron chi connectivity index (χ4n) is 1.97. The average molecular weight is 314 g/mol. The number of anilines is 1. The Kier molecular flexibility index (Phi) is 5.49. The summed E-state index contributed by atoms with van der Waals surface area (Å²) in [6.45, 7) is 3.82. The third kappa shape index (κ3) is 4.56. The number of nitrogens with one attached hydrogen (secondary N) is 2. The molecule has 1 aromatic heterocycles. The molecule has 5 heteroatoms. The lowest BCUT2D eigenvalue weighted by atomic mass is 10.1. The maximum absolute atomic E-state index is 11.9. The molecule has 1 aromatic carbocycles. The van der Waals surface area contributed by atoms with E-state index in [9.17, 15) is 9.59 Å². The van der Waals surface area contributed by atoms with Crippen LogP contribution >= 0.6 is 11.3 Å². The lowest BCUT2D eigenvalue weighted by Crippen LogP contribution is -2.32. The number of para-hydroxylation sites is 1. The predicted octanol–water partition coefficient (Wildman–Crippen LogP) is 3.13. The Hall–Kier alpha value is -2.40. The number of thiophene rings is 1. The topological polar surface area (TPSA) is 58.2 Å². The maximum Gasteiger partial charge on any atom is 0.244 e. The standard InChI is InChI=1S/C17H18N2O2S/c1-12-5-3-6-13(2)17(12)19-16(21)11-18-15(20)9-8-14-7-4-10-22-14/h3-10H,11H2,1-2H3,(H,18,20)(H,19,21)/b9-8+. The Balaban J connectivity index is 1.84. The second kappa shape index (κ2) is 7.56. The zero-order valence-corrected chi connectivity index (χ0v) is 13.4. The highest BCUT2D eigenvalue weighted by Gasteiger charge is 2.07. The number of carbonyl (C=O) groups is 2. The van der Waals surface area contributed by atoms with E-state index in [-0.39, 0.29) is 18.4 Å². The van der Waals surface area contributed by atoms with E-state index >= 15 is 0 Å². The zero-order valence-electron chi connectivity index (χ0n) is 12.6. The van der Waals surface area contributed by atoms with E-state index in [1.54, 1.807) is 17.4 Å². The van der Waals surface area contributed by atoms with Crippen LogP contribution in [0.3, 0.4) is 0 Å². The Labute approximate surface area is 133 Å². The molecule has 0 fully saturated rings. The van der Waals surface area contributed by atoms with Gasteiger partial charge in [0.15, 0.2) is 0 Å². The number of rotatable bonds is 5. The molecule has 4 nitrogen and oxygen atoms in total. The molecule has 2 aromatic rings. The van der Waals surface area contributed by atoms with Crippen LogP contribution in [0.4, 0.5) is 5.69 Å². The summed E-state index contributed by atoms with van der Waals surface area (Å²) in [5, 5.41) is 7.34. The molecular weight excluding hydrogens is 296 g/mol. The molecule has 2 rings (SSSR count). The molecule has 0 aliphatic heterocycles. The molecule has 0 radical (unpaired) electrons. The minimum absolute atomic E-state index is 0.0542. The van der Waals surface area contributed by atoms with Crippen molar-refractivity contribution in [3.8, 4) is 0 Å². The Morgan fingerprint density at radius 2 is 1.86 bits per heavy atom. The quantitative estimate of drug-likeness (QED) is 0.833. The first-order chi connectivity index (χ1) is 10.6. The Morgan fingerprint density at radius 1 is 1.14 bits per heavy atom. The highest BCUT2D eigenvalue weighted by Crippen LogP contribution is 2.18. The van der Waals surface area contributed by atoms with Crippen molar-refractivity contribution in [3.63, 3.8) is 0 Å². The molecule has 22 heavy (non-hydrogen) atoms. The molecule has 0 aliphatic rings. The van der Waals surface area contributed by atoms with Crippen LogP contribution in [0.15, 0.2) is 41.8 Å². The third-order valence-corrected chi connectivity index (χ3v) is 3.95. The van der Waals surface area contributed by atoms with Gasteiger partial charge < -0.3 is 10.6 Å². The van der Waals surface area contributed by atoms with Crippen molar-refractivity contribution in [1.29, 1.82) is 0 Å². The van der Waals surface area contributed by atoms with Crippen LogP contribution in [-0.2, 0) is 9.59 Å². The lowest BCUT2D eigenvalue weighted by Gasteiger charge is -2.11. The monoisotopic (exact) mass is 314 g/mol. The van der Waals surface area contributed by atoms with Gasteiger partial charge in [0.05, 0.1) is 6.54 Å². The highest BCUT2D eigenvalue weighted by molar-refractivity contribution is 7.10. The van der Waals surface area contributed by atoms with Gasteiger partial charge in [0.25, 0.3) is 0 Å². The van der Waals surface area contributed by atoms with Crippen molar-refractivity contribution in [1.82, 2.24) is 5.32 Å². The van der Waals surface area contributed by atoms with E-state index in [2.05, 4.69) is 10.6 Å². The van der Waals surface area contributed by atoms with Crippen molar-refractivity contribution < 1.29 is 9.59 Å². The minimum atomic E-state index is -0.287. The van der Waals surface area contributed by atoms with E-state index in [1.807, 2.05) is 49.6 Å². The van der Waals surface area contributed by atoms with Crippen LogP contribution in [-0.4, -0.2) is 18.4 Å². The van der Waals surface area contributed by atoms with Gasteiger partial charge in [0.2, 0.25) is 11.8 Å². The minimum Gasteiger partial charge on any atom is -0.343 e. The van der Waals surface area contributed by atoms with Gasteiger partial charge in [-0.25, -0.2) is 0 Å². The predicted molar refractivity (Wildman–Crippen MR) is 90.9 cm³/mol. The first kappa shape index (κ1) is 16.0. The number of amides is 2. The molecule has 1 heterocycles. The normalized spacial score (nSPS) is 10.6. The molecule has 0 atom stereocenters. The average Bonchev–Trinajstić information content (AvgIpc) is 3.00. The first-order valence-corrected chi connectivity index (χ1v) is 7.79. The van der Waals surface area contributed by atoms with Crippen LogP contribution in [0.2, 0.25) is 0 Å². The van der Waals surface area contributed by atoms with Gasteiger partial charge in [-0.1, -0.05) is 24.3 Å². The smallest absolute Gasteiger partial charge is 0.244 e. The van der Waals surface area contributed by atoms with Gasteiger partial charge in [-0.2, -0.15) is 0 Å². The number of hydrogen-bond acceptors (Lipinski definition) is 3. The van der Waals surface area contributed by atoms with Crippen LogP contribution in [0.5, 0.6) is 0 Å². The van der Waals surface area contributed by atoms with Crippen molar-refractivity contribution >= 4 is 34.9 Å². The van der Waals surface area contributed by atoms with Crippen LogP contribution in [0, 0.1) is 13.8 Å². The van der Waals surface area contributed by atoms with E-state index in [0.29, 0.717) is 0 Å². The van der Waals surface area contributed by atoms with Crippen LogP contribution < -0.4 is 10.6 Å². The number of hydrogen-bond donors (Lipinski definition) is 2. The number of aryl methyl sites for hydroxylation is 2. The fraction of sp³-hybridized carbons (Fsp3) is 0.176. The second-order valence-electron chi connectivity index (χ2n) is 4.88. The zero-order chi connectivity index (χ0) is 15.9. The summed E-state index contributed by atoms with van der Waals surface area (Å²) in [5.41, 5.74) is 2.80. The van der Waals surface area contributed by atoms with Crippen LogP contribution in [0.1, 0.15) is 16.0 Å². The maximum atomic E-state index is 11.9. The van der Waals surface area contributed by atoms with Crippen molar-refractivity contribution in [2.75, 3.05) is 11.9 Å². The van der Waals surface area contributed by atoms with Crippen molar-refractivity contribution in [3.05, 3.63) is 57.8 Å². The van der Waals surface area contributed by atoms with Gasteiger partial charge in [-0.15, -0.1) is 11.3 Å². The van der Waals surface area contributed by atoms with Crippen molar-refractivity contribution in [2.24, 2.45) is 0 Å². The number of benzene rings is 1. The molecule has 0 bridgehead atoms. The Morgan fingerprint density at radius 3 is 2.50 bits per heavy atom. The summed E-state index contributed by atoms with van der Waals surface area (Å²) < 4.78 is 0. The van der Waals surface area contributed by atoms with E-state index in [1.165, 1.54) is 6.08 Å². The molecular formula is C17H18N2O2S. The van der Waals surface area contributed by atoms with Crippen molar-refractivity contribution in [2.45, 2.75) is 13.8 Å². The summed E-state index contributed by atoms with van der Waals surface area (Å²) in [6, 6.07) is 9.65. The van der Waals surface area contributed by atoms with E-state index in [4.69, 9.17) is 0 Å². The van der Waals surface area contributed by atoms with Crippen LogP contribution in [0.25, 0.3) is 6.08 Å². The molecule has 0 unspecified atom stereocenters. The second-order valence-corrected chi connectivity index (χ2v) is 5.86.